The van der Waals surface area contributed by atoms with Gasteiger partial charge in [0.05, 0.1) is 11.7 Å². The second kappa shape index (κ2) is 5.37. The van der Waals surface area contributed by atoms with Gasteiger partial charge in [-0.15, -0.1) is 0 Å². The summed E-state index contributed by atoms with van der Waals surface area (Å²) in [5.41, 5.74) is 4.81. The molecule has 2 atom stereocenters. The predicted octanol–water partition coefficient (Wildman–Crippen LogP) is 3.10. The Morgan fingerprint density at radius 3 is 2.47 bits per heavy atom. The minimum atomic E-state index is -4.42. The Balaban J connectivity index is 3.15. The summed E-state index contributed by atoms with van der Waals surface area (Å²) < 4.78 is 38.0. The smallest absolute Gasteiger partial charge is 0.388 e. The molecule has 0 amide bonds. The molecule has 1 aromatic rings. The quantitative estimate of drug-likeness (QED) is 0.901. The first-order valence-corrected chi connectivity index (χ1v) is 5.81. The predicted molar refractivity (Wildman–Crippen MR) is 62.3 cm³/mol. The lowest BCUT2D eigenvalue weighted by molar-refractivity contribution is -0.137. The summed E-state index contributed by atoms with van der Waals surface area (Å²) in [5, 5.41) is 9.88. The summed E-state index contributed by atoms with van der Waals surface area (Å²) in [6.45, 7) is 1.88. The van der Waals surface area contributed by atoms with Crippen LogP contribution in [0.3, 0.4) is 0 Å². The van der Waals surface area contributed by atoms with Crippen molar-refractivity contribution in [3.05, 3.63) is 33.8 Å². The Kier molecular flexibility index (Phi) is 4.57. The van der Waals surface area contributed by atoms with Gasteiger partial charge in [-0.3, -0.25) is 0 Å². The molecule has 1 rings (SSSR count). The number of alkyl halides is 3. The van der Waals surface area contributed by atoms with E-state index in [0.717, 1.165) is 12.1 Å². The normalized spacial score (nSPS) is 15.7. The highest BCUT2D eigenvalue weighted by Crippen LogP contribution is 2.35. The first-order chi connectivity index (χ1) is 7.77. The van der Waals surface area contributed by atoms with Gasteiger partial charge in [0, 0.05) is 4.47 Å². The summed E-state index contributed by atoms with van der Waals surface area (Å²) >= 11 is 3.13. The van der Waals surface area contributed by atoms with Crippen LogP contribution >= 0.6 is 15.9 Å². The Labute approximate surface area is 106 Å². The van der Waals surface area contributed by atoms with E-state index >= 15 is 0 Å². The maximum absolute atomic E-state index is 12.5. The average molecular weight is 312 g/mol. The van der Waals surface area contributed by atoms with E-state index in [0.29, 0.717) is 4.47 Å². The van der Waals surface area contributed by atoms with E-state index in [1.54, 1.807) is 6.92 Å². The summed E-state index contributed by atoms with van der Waals surface area (Å²) in [4.78, 5) is 0. The molecule has 0 spiro atoms. The first-order valence-electron chi connectivity index (χ1n) is 5.02. The Bertz CT molecular complexity index is 395. The van der Waals surface area contributed by atoms with Crippen LogP contribution in [0.25, 0.3) is 0 Å². The lowest BCUT2D eigenvalue weighted by Gasteiger charge is -2.20. The van der Waals surface area contributed by atoms with Crippen LogP contribution in [0.1, 0.15) is 24.2 Å². The largest absolute Gasteiger partial charge is 0.416 e. The van der Waals surface area contributed by atoms with E-state index in [1.807, 2.05) is 0 Å². The summed E-state index contributed by atoms with van der Waals surface area (Å²) in [5.74, 6) is -0.310. The average Bonchev–Trinajstić information content (AvgIpc) is 2.26. The Hall–Kier alpha value is -0.590. The molecule has 0 aromatic heterocycles. The monoisotopic (exact) mass is 311 g/mol. The van der Waals surface area contributed by atoms with Crippen LogP contribution in [0.15, 0.2) is 22.7 Å². The van der Waals surface area contributed by atoms with E-state index in [1.165, 1.54) is 6.07 Å². The minimum Gasteiger partial charge on any atom is -0.388 e. The zero-order valence-electron chi connectivity index (χ0n) is 9.13. The SMILES string of the molecule is CC(CN)C(O)c1cc(C(F)(F)F)ccc1Br. The van der Waals surface area contributed by atoms with Crippen LogP contribution in [0.2, 0.25) is 0 Å². The van der Waals surface area contributed by atoms with Crippen molar-refractivity contribution >= 4 is 15.9 Å². The molecule has 0 bridgehead atoms. The molecule has 0 aliphatic carbocycles. The van der Waals surface area contributed by atoms with Crippen LogP contribution in [0, 0.1) is 5.92 Å². The van der Waals surface area contributed by atoms with Crippen molar-refractivity contribution in [3.8, 4) is 0 Å². The third-order valence-electron chi connectivity index (χ3n) is 2.55. The molecule has 0 heterocycles. The lowest BCUT2D eigenvalue weighted by atomic mass is 9.96. The summed E-state index contributed by atoms with van der Waals surface area (Å²) in [7, 11) is 0. The second-order valence-electron chi connectivity index (χ2n) is 3.89. The third-order valence-corrected chi connectivity index (χ3v) is 3.27. The van der Waals surface area contributed by atoms with E-state index < -0.39 is 17.8 Å². The fourth-order valence-corrected chi connectivity index (χ4v) is 1.86. The maximum atomic E-state index is 12.5. The van der Waals surface area contributed by atoms with Crippen LogP contribution in [0.4, 0.5) is 13.2 Å². The van der Waals surface area contributed by atoms with Crippen molar-refractivity contribution < 1.29 is 18.3 Å². The third kappa shape index (κ3) is 3.43. The number of aliphatic hydroxyl groups excluding tert-OH is 1. The van der Waals surface area contributed by atoms with Gasteiger partial charge in [0.1, 0.15) is 0 Å². The zero-order chi connectivity index (χ0) is 13.2. The molecule has 0 saturated heterocycles. The molecule has 6 heteroatoms. The maximum Gasteiger partial charge on any atom is 0.416 e. The molecule has 0 radical (unpaired) electrons. The van der Waals surface area contributed by atoms with Gasteiger partial charge in [0.2, 0.25) is 0 Å². The lowest BCUT2D eigenvalue weighted by Crippen LogP contribution is -2.19. The molecule has 0 aliphatic rings. The van der Waals surface area contributed by atoms with Crippen LogP contribution < -0.4 is 5.73 Å². The molecule has 0 aliphatic heterocycles. The first kappa shape index (κ1) is 14.5. The number of hydrogen-bond donors (Lipinski definition) is 2. The molecule has 1 aromatic carbocycles. The van der Waals surface area contributed by atoms with E-state index in [-0.39, 0.29) is 18.0 Å². The highest BCUT2D eigenvalue weighted by Gasteiger charge is 2.32. The molecule has 2 nitrogen and oxygen atoms in total. The van der Waals surface area contributed by atoms with Gasteiger partial charge in [-0.05, 0) is 36.2 Å². The molecule has 0 fully saturated rings. The van der Waals surface area contributed by atoms with E-state index in [2.05, 4.69) is 15.9 Å². The molecular formula is C11H13BrF3NO. The van der Waals surface area contributed by atoms with Gasteiger partial charge in [-0.1, -0.05) is 22.9 Å². The van der Waals surface area contributed by atoms with Gasteiger partial charge < -0.3 is 10.8 Å². The highest BCUT2D eigenvalue weighted by molar-refractivity contribution is 9.10. The number of nitrogens with two attached hydrogens (primary N) is 1. The summed E-state index contributed by atoms with van der Waals surface area (Å²) in [6, 6.07) is 3.19. The molecule has 3 N–H and O–H groups in total. The van der Waals surface area contributed by atoms with Gasteiger partial charge in [-0.25, -0.2) is 0 Å². The molecule has 2 unspecified atom stereocenters. The number of hydrogen-bond acceptors (Lipinski definition) is 2. The highest BCUT2D eigenvalue weighted by atomic mass is 79.9. The van der Waals surface area contributed by atoms with Crippen molar-refractivity contribution in [2.75, 3.05) is 6.54 Å². The van der Waals surface area contributed by atoms with E-state index in [9.17, 15) is 18.3 Å². The van der Waals surface area contributed by atoms with Crippen molar-refractivity contribution in [3.63, 3.8) is 0 Å². The van der Waals surface area contributed by atoms with Crippen molar-refractivity contribution in [1.82, 2.24) is 0 Å². The zero-order valence-corrected chi connectivity index (χ0v) is 10.7. The molecule has 17 heavy (non-hydrogen) atoms. The Morgan fingerprint density at radius 2 is 2.00 bits per heavy atom. The number of halogens is 4. The van der Waals surface area contributed by atoms with Crippen molar-refractivity contribution in [1.29, 1.82) is 0 Å². The van der Waals surface area contributed by atoms with E-state index in [4.69, 9.17) is 5.73 Å². The van der Waals surface area contributed by atoms with Crippen LogP contribution in [0.5, 0.6) is 0 Å². The van der Waals surface area contributed by atoms with Crippen LogP contribution in [-0.4, -0.2) is 11.7 Å². The minimum absolute atomic E-state index is 0.198. The van der Waals surface area contributed by atoms with Gasteiger partial charge in [-0.2, -0.15) is 13.2 Å². The Morgan fingerprint density at radius 1 is 1.41 bits per heavy atom. The number of aliphatic hydroxyl groups is 1. The topological polar surface area (TPSA) is 46.2 Å². The van der Waals surface area contributed by atoms with Crippen LogP contribution in [-0.2, 0) is 6.18 Å². The fourth-order valence-electron chi connectivity index (χ4n) is 1.38. The molecule has 96 valence electrons. The molecule has 0 saturated carbocycles. The van der Waals surface area contributed by atoms with Gasteiger partial charge in [0.25, 0.3) is 0 Å². The number of benzene rings is 1. The van der Waals surface area contributed by atoms with Crippen molar-refractivity contribution in [2.45, 2.75) is 19.2 Å². The van der Waals surface area contributed by atoms with Gasteiger partial charge >= 0.3 is 6.18 Å². The second-order valence-corrected chi connectivity index (χ2v) is 4.75. The fraction of sp³-hybridized carbons (Fsp3) is 0.455. The van der Waals surface area contributed by atoms with Crippen molar-refractivity contribution in [2.24, 2.45) is 11.7 Å². The number of rotatable bonds is 3. The van der Waals surface area contributed by atoms with Gasteiger partial charge in [0.15, 0.2) is 0 Å². The summed E-state index contributed by atoms with van der Waals surface area (Å²) in [6.07, 6.45) is -5.43. The molecular weight excluding hydrogens is 299 g/mol. The standard InChI is InChI=1S/C11H13BrF3NO/c1-6(5-16)10(17)8-4-7(11(13,14)15)2-3-9(8)12/h2-4,6,10,17H,5,16H2,1H3.